The normalized spacial score (nSPS) is 16.9. The first-order chi connectivity index (χ1) is 28.1. The van der Waals surface area contributed by atoms with Crippen LogP contribution in [0, 0.1) is 23.7 Å². The van der Waals surface area contributed by atoms with Gasteiger partial charge in [0.2, 0.25) is 18.6 Å². The predicted molar refractivity (Wildman–Crippen MR) is 216 cm³/mol. The summed E-state index contributed by atoms with van der Waals surface area (Å²) in [5, 5.41) is 10.1. The molecular weight excluding hydrogens is 741 g/mol. The molecule has 0 bridgehead atoms. The Balaban J connectivity index is 1.40. The molecule has 4 aromatic rings. The highest BCUT2D eigenvalue weighted by atomic mass is 16.7. The van der Waals surface area contributed by atoms with Crippen LogP contribution in [0.25, 0.3) is 0 Å². The molecule has 12 heteroatoms. The molecule has 0 aromatic heterocycles. The summed E-state index contributed by atoms with van der Waals surface area (Å²) in [7, 11) is 0. The molecule has 0 aliphatic heterocycles. The summed E-state index contributed by atoms with van der Waals surface area (Å²) >= 11 is 0. The molecule has 12 nitrogen and oxygen atoms in total. The molecule has 0 radical (unpaired) electrons. The highest BCUT2D eigenvalue weighted by Crippen LogP contribution is 2.52. The minimum Gasteiger partial charge on any atom is -0.481 e. The van der Waals surface area contributed by atoms with Crippen molar-refractivity contribution in [2.75, 3.05) is 19.9 Å². The smallest absolute Gasteiger partial charge is 0.308 e. The number of carboxylic acid groups (broad SMARTS) is 1. The van der Waals surface area contributed by atoms with E-state index in [4.69, 9.17) is 18.9 Å². The maximum absolute atomic E-state index is 14.8. The summed E-state index contributed by atoms with van der Waals surface area (Å²) < 4.78 is 22.0. The van der Waals surface area contributed by atoms with Gasteiger partial charge in [-0.1, -0.05) is 81.4 Å². The van der Waals surface area contributed by atoms with Crippen molar-refractivity contribution < 1.29 is 48.0 Å². The fourth-order valence-corrected chi connectivity index (χ4v) is 7.38. The Morgan fingerprint density at radius 3 is 1.33 bits per heavy atom. The van der Waals surface area contributed by atoms with Crippen molar-refractivity contribution in [2.24, 2.45) is 23.7 Å². The van der Waals surface area contributed by atoms with Crippen LogP contribution in [0.15, 0.2) is 109 Å². The third-order valence-corrected chi connectivity index (χ3v) is 10.1. The second kappa shape index (κ2) is 21.4. The zero-order valence-electron chi connectivity index (χ0n) is 33.3. The first-order valence-electron chi connectivity index (χ1n) is 19.8. The SMILES string of the molecule is CCCN(Cc1ccc(Oc2ccccc2)cc1)C(=O)[C@@H]1[C@H](CC(=O)O)[C@@H](CC(=O)OCOC(=O)CC)[C@H]1C(=O)N(CCC)Cc1ccc(Oc2ccccc2)cc1. The summed E-state index contributed by atoms with van der Waals surface area (Å²) in [5.74, 6) is -4.18. The molecule has 1 aliphatic carbocycles. The van der Waals surface area contributed by atoms with Gasteiger partial charge < -0.3 is 33.9 Å². The Kier molecular flexibility index (Phi) is 15.8. The van der Waals surface area contributed by atoms with Crippen molar-refractivity contribution in [2.45, 2.75) is 66.0 Å². The Hall–Kier alpha value is -6.17. The van der Waals surface area contributed by atoms with Crippen LogP contribution < -0.4 is 9.47 Å². The van der Waals surface area contributed by atoms with E-state index in [1.165, 1.54) is 0 Å². The summed E-state index contributed by atoms with van der Waals surface area (Å²) in [4.78, 5) is 70.0. The molecule has 306 valence electrons. The van der Waals surface area contributed by atoms with E-state index in [0.717, 1.165) is 11.1 Å². The molecule has 1 aliphatic rings. The van der Waals surface area contributed by atoms with E-state index in [1.54, 1.807) is 16.7 Å². The fourth-order valence-electron chi connectivity index (χ4n) is 7.38. The second-order valence-electron chi connectivity index (χ2n) is 14.3. The van der Waals surface area contributed by atoms with E-state index < -0.39 is 54.8 Å². The largest absolute Gasteiger partial charge is 0.481 e. The monoisotopic (exact) mass is 792 g/mol. The lowest BCUT2D eigenvalue weighted by atomic mass is 9.53. The summed E-state index contributed by atoms with van der Waals surface area (Å²) in [5.41, 5.74) is 1.65. The number of para-hydroxylation sites is 2. The summed E-state index contributed by atoms with van der Waals surface area (Å²) in [6.07, 6.45) is 0.576. The Morgan fingerprint density at radius 2 is 0.931 bits per heavy atom. The minimum absolute atomic E-state index is 0.0944. The van der Waals surface area contributed by atoms with Crippen LogP contribution in [-0.4, -0.2) is 64.5 Å². The first-order valence-corrected chi connectivity index (χ1v) is 19.8. The Morgan fingerprint density at radius 1 is 0.534 bits per heavy atom. The molecule has 4 aromatic carbocycles. The lowest BCUT2D eigenvalue weighted by Gasteiger charge is -2.52. The molecular formula is C46H52N2O10. The van der Waals surface area contributed by atoms with Gasteiger partial charge in [-0.25, -0.2) is 0 Å². The van der Waals surface area contributed by atoms with Gasteiger partial charge in [0.1, 0.15) is 23.0 Å². The van der Waals surface area contributed by atoms with E-state index in [2.05, 4.69) is 0 Å². The van der Waals surface area contributed by atoms with Gasteiger partial charge in [0, 0.05) is 45.4 Å². The molecule has 2 amide bonds. The van der Waals surface area contributed by atoms with E-state index in [-0.39, 0.29) is 37.7 Å². The lowest BCUT2D eigenvalue weighted by Crippen LogP contribution is -2.61. The topological polar surface area (TPSA) is 149 Å². The molecule has 0 saturated heterocycles. The summed E-state index contributed by atoms with van der Waals surface area (Å²) in [6, 6.07) is 33.5. The van der Waals surface area contributed by atoms with E-state index >= 15 is 0 Å². The number of benzene rings is 4. The van der Waals surface area contributed by atoms with Crippen molar-refractivity contribution in [3.05, 3.63) is 120 Å². The quantitative estimate of drug-likeness (QED) is 0.0646. The van der Waals surface area contributed by atoms with Crippen LogP contribution in [0.4, 0.5) is 0 Å². The molecule has 0 spiro atoms. The average Bonchev–Trinajstić information content (AvgIpc) is 3.22. The van der Waals surface area contributed by atoms with Gasteiger partial charge in [-0.15, -0.1) is 0 Å². The zero-order valence-corrected chi connectivity index (χ0v) is 33.3. The van der Waals surface area contributed by atoms with Crippen LogP contribution in [-0.2, 0) is 46.5 Å². The lowest BCUT2D eigenvalue weighted by molar-refractivity contribution is -0.179. The van der Waals surface area contributed by atoms with Gasteiger partial charge in [0.25, 0.3) is 0 Å². The van der Waals surface area contributed by atoms with Gasteiger partial charge in [-0.3, -0.25) is 24.0 Å². The molecule has 1 fully saturated rings. The van der Waals surface area contributed by atoms with Crippen LogP contribution >= 0.6 is 0 Å². The molecule has 1 saturated carbocycles. The van der Waals surface area contributed by atoms with E-state index in [0.29, 0.717) is 48.9 Å². The van der Waals surface area contributed by atoms with Gasteiger partial charge in [-0.2, -0.15) is 0 Å². The minimum atomic E-state index is -1.15. The van der Waals surface area contributed by atoms with Gasteiger partial charge in [0.15, 0.2) is 0 Å². The van der Waals surface area contributed by atoms with Crippen molar-refractivity contribution in [3.63, 3.8) is 0 Å². The van der Waals surface area contributed by atoms with Gasteiger partial charge >= 0.3 is 17.9 Å². The number of carboxylic acids is 1. The molecule has 4 atom stereocenters. The number of rotatable bonds is 21. The highest BCUT2D eigenvalue weighted by molar-refractivity contribution is 5.91. The zero-order chi connectivity index (χ0) is 41.4. The maximum Gasteiger partial charge on any atom is 0.308 e. The van der Waals surface area contributed by atoms with E-state index in [1.807, 2.05) is 123 Å². The molecule has 1 N–H and O–H groups in total. The van der Waals surface area contributed by atoms with Gasteiger partial charge in [-0.05, 0) is 84.3 Å². The van der Waals surface area contributed by atoms with Crippen molar-refractivity contribution in [1.29, 1.82) is 0 Å². The molecule has 0 heterocycles. The van der Waals surface area contributed by atoms with Crippen LogP contribution in [0.5, 0.6) is 23.0 Å². The van der Waals surface area contributed by atoms with Crippen LogP contribution in [0.2, 0.25) is 0 Å². The second-order valence-corrected chi connectivity index (χ2v) is 14.3. The van der Waals surface area contributed by atoms with Gasteiger partial charge in [0.05, 0.1) is 11.8 Å². The molecule has 5 rings (SSSR count). The Bertz CT molecular complexity index is 1950. The van der Waals surface area contributed by atoms with Crippen molar-refractivity contribution >= 4 is 29.7 Å². The standard InChI is InChI=1S/C46H52N2O10/c1-4-25-47(29-32-17-21-36(22-18-32)57-34-13-9-7-10-14-34)45(53)43-38(27-40(49)50)39(28-42(52)56-31-55-41(51)6-3)44(43)46(54)48(26-5-2)30-33-19-23-37(24-20-33)58-35-15-11-8-12-16-35/h7-24,38-39,43-44H,4-6,25-31H2,1-3H3,(H,49,50)/t38-,39-,43-,44-/m1/s1. The number of carbonyl (C=O) groups excluding carboxylic acids is 4. The number of esters is 2. The van der Waals surface area contributed by atoms with Crippen LogP contribution in [0.3, 0.4) is 0 Å². The number of hydrogen-bond acceptors (Lipinski definition) is 9. The Labute approximate surface area is 339 Å². The third kappa shape index (κ3) is 11.9. The predicted octanol–water partition coefficient (Wildman–Crippen LogP) is 8.25. The third-order valence-electron chi connectivity index (χ3n) is 10.1. The van der Waals surface area contributed by atoms with E-state index in [9.17, 15) is 29.1 Å². The number of carbonyl (C=O) groups is 5. The first kappa shape index (κ1) is 43.0. The number of hydrogen-bond donors (Lipinski definition) is 1. The maximum atomic E-state index is 14.8. The number of amides is 2. The number of aliphatic carboxylic acids is 1. The summed E-state index contributed by atoms with van der Waals surface area (Å²) in [6.45, 7) is 6.06. The molecule has 58 heavy (non-hydrogen) atoms. The molecule has 0 unspecified atom stereocenters. The van der Waals surface area contributed by atoms with Crippen LogP contribution in [0.1, 0.15) is 64.0 Å². The van der Waals surface area contributed by atoms with Crippen molar-refractivity contribution in [1.82, 2.24) is 9.80 Å². The van der Waals surface area contributed by atoms with Crippen molar-refractivity contribution in [3.8, 4) is 23.0 Å². The number of ether oxygens (including phenoxy) is 4. The highest BCUT2D eigenvalue weighted by Gasteiger charge is 2.59. The fraction of sp³-hybridized carbons (Fsp3) is 0.370. The number of nitrogens with zero attached hydrogens (tertiary/aromatic N) is 2. The average molecular weight is 793 g/mol.